The molecule has 112 valence electrons. The minimum Gasteiger partial charge on any atom is -0.309 e. The van der Waals surface area contributed by atoms with E-state index in [0.717, 1.165) is 17.8 Å². The number of hydrogen-bond donors (Lipinski definition) is 2. The van der Waals surface area contributed by atoms with Gasteiger partial charge in [-0.2, -0.15) is 5.10 Å². The zero-order chi connectivity index (χ0) is 14.7. The van der Waals surface area contributed by atoms with Gasteiger partial charge in [0.15, 0.2) is 0 Å². The Kier molecular flexibility index (Phi) is 4.06. The molecule has 1 fully saturated rings. The van der Waals surface area contributed by atoms with E-state index >= 15 is 0 Å². The van der Waals surface area contributed by atoms with E-state index in [4.69, 9.17) is 0 Å². The minimum absolute atomic E-state index is 0.385. The maximum Gasteiger partial charge on any atom is 0.0710 e. The van der Waals surface area contributed by atoms with Crippen LogP contribution in [0.2, 0.25) is 0 Å². The van der Waals surface area contributed by atoms with Crippen LogP contribution in [0.3, 0.4) is 0 Å². The predicted molar refractivity (Wildman–Crippen MR) is 84.7 cm³/mol. The Balaban J connectivity index is 1.71. The Morgan fingerprint density at radius 3 is 3.00 bits per heavy atom. The molecule has 4 heteroatoms. The molecule has 2 N–H and O–H groups in total. The van der Waals surface area contributed by atoms with Gasteiger partial charge in [-0.25, -0.2) is 0 Å². The van der Waals surface area contributed by atoms with Crippen LogP contribution in [-0.4, -0.2) is 21.2 Å². The quantitative estimate of drug-likeness (QED) is 0.903. The Bertz CT molecular complexity index is 573. The minimum atomic E-state index is 0.385. The first-order valence-corrected chi connectivity index (χ1v) is 7.83. The molecule has 1 atom stereocenters. The van der Waals surface area contributed by atoms with E-state index in [1.807, 2.05) is 18.5 Å². The summed E-state index contributed by atoms with van der Waals surface area (Å²) in [6.45, 7) is 5.61. The van der Waals surface area contributed by atoms with E-state index in [0.29, 0.717) is 11.5 Å². The Labute approximate surface area is 126 Å². The predicted octanol–water partition coefficient (Wildman–Crippen LogP) is 3.53. The van der Waals surface area contributed by atoms with Gasteiger partial charge in [0.25, 0.3) is 0 Å². The molecule has 0 spiro atoms. The average molecular weight is 284 g/mol. The molecule has 0 amide bonds. The summed E-state index contributed by atoms with van der Waals surface area (Å²) < 4.78 is 0. The first-order chi connectivity index (χ1) is 10.2. The molecule has 1 saturated carbocycles. The van der Waals surface area contributed by atoms with Crippen molar-refractivity contribution in [1.29, 1.82) is 0 Å². The number of rotatable bonds is 4. The smallest absolute Gasteiger partial charge is 0.0710 e. The van der Waals surface area contributed by atoms with E-state index < -0.39 is 0 Å². The van der Waals surface area contributed by atoms with Crippen LogP contribution in [0.25, 0.3) is 11.3 Å². The third-order valence-corrected chi connectivity index (χ3v) is 4.71. The van der Waals surface area contributed by atoms with Crippen molar-refractivity contribution in [3.05, 3.63) is 36.3 Å². The lowest BCUT2D eigenvalue weighted by Crippen LogP contribution is -2.43. The molecule has 2 heterocycles. The number of nitrogens with one attached hydrogen (secondary N) is 2. The van der Waals surface area contributed by atoms with Gasteiger partial charge >= 0.3 is 0 Å². The van der Waals surface area contributed by atoms with Crippen molar-refractivity contribution in [2.24, 2.45) is 5.41 Å². The Morgan fingerprint density at radius 1 is 1.33 bits per heavy atom. The SMILES string of the molecule is CC1(C)CCCCC1NCc1cn[nH]c1-c1cccnc1. The van der Waals surface area contributed by atoms with Crippen LogP contribution in [0, 0.1) is 5.41 Å². The normalized spacial score (nSPS) is 21.3. The van der Waals surface area contributed by atoms with Crippen molar-refractivity contribution in [2.45, 2.75) is 52.1 Å². The van der Waals surface area contributed by atoms with Crippen LogP contribution >= 0.6 is 0 Å². The van der Waals surface area contributed by atoms with E-state index in [2.05, 4.69) is 40.4 Å². The summed E-state index contributed by atoms with van der Waals surface area (Å²) in [6.07, 6.45) is 10.9. The molecule has 3 rings (SSSR count). The summed E-state index contributed by atoms with van der Waals surface area (Å²) in [5.74, 6) is 0. The lowest BCUT2D eigenvalue weighted by atomic mass is 9.73. The van der Waals surface area contributed by atoms with Crippen LogP contribution in [-0.2, 0) is 6.54 Å². The van der Waals surface area contributed by atoms with Crippen LogP contribution in [0.15, 0.2) is 30.7 Å². The van der Waals surface area contributed by atoms with E-state index in [1.54, 1.807) is 6.20 Å². The molecule has 4 nitrogen and oxygen atoms in total. The fourth-order valence-electron chi connectivity index (χ4n) is 3.31. The maximum atomic E-state index is 4.21. The molecular weight excluding hydrogens is 260 g/mol. The summed E-state index contributed by atoms with van der Waals surface area (Å²) in [4.78, 5) is 4.19. The second-order valence-electron chi connectivity index (χ2n) is 6.68. The standard InChI is InChI=1S/C17H24N4/c1-17(2)8-4-3-7-15(17)19-11-14-12-20-21-16(14)13-6-5-9-18-10-13/h5-6,9-10,12,15,19H,3-4,7-8,11H2,1-2H3,(H,20,21). The maximum absolute atomic E-state index is 4.21. The number of H-pyrrole nitrogens is 1. The summed E-state index contributed by atoms with van der Waals surface area (Å²) in [5, 5.41) is 11.1. The fraction of sp³-hybridized carbons (Fsp3) is 0.529. The number of aromatic amines is 1. The molecule has 0 aliphatic heterocycles. The third-order valence-electron chi connectivity index (χ3n) is 4.71. The topological polar surface area (TPSA) is 53.6 Å². The Morgan fingerprint density at radius 2 is 2.24 bits per heavy atom. The molecule has 21 heavy (non-hydrogen) atoms. The van der Waals surface area contributed by atoms with Crippen LogP contribution < -0.4 is 5.32 Å². The number of aromatic nitrogens is 3. The van der Waals surface area contributed by atoms with E-state index in [-0.39, 0.29) is 0 Å². The zero-order valence-electron chi connectivity index (χ0n) is 12.9. The van der Waals surface area contributed by atoms with Crippen molar-refractivity contribution in [2.75, 3.05) is 0 Å². The van der Waals surface area contributed by atoms with Gasteiger partial charge in [0, 0.05) is 36.1 Å². The van der Waals surface area contributed by atoms with Crippen molar-refractivity contribution in [1.82, 2.24) is 20.5 Å². The average Bonchev–Trinajstić information content (AvgIpc) is 2.95. The largest absolute Gasteiger partial charge is 0.309 e. The van der Waals surface area contributed by atoms with Gasteiger partial charge in [0.05, 0.1) is 11.9 Å². The first-order valence-electron chi connectivity index (χ1n) is 7.83. The highest BCUT2D eigenvalue weighted by molar-refractivity contribution is 5.61. The molecule has 1 unspecified atom stereocenters. The molecule has 0 saturated heterocycles. The van der Waals surface area contributed by atoms with Gasteiger partial charge in [-0.3, -0.25) is 10.1 Å². The van der Waals surface area contributed by atoms with Crippen molar-refractivity contribution in [3.63, 3.8) is 0 Å². The van der Waals surface area contributed by atoms with Crippen molar-refractivity contribution >= 4 is 0 Å². The number of nitrogens with zero attached hydrogens (tertiary/aromatic N) is 2. The highest BCUT2D eigenvalue weighted by atomic mass is 15.1. The van der Waals surface area contributed by atoms with Gasteiger partial charge in [-0.05, 0) is 30.4 Å². The number of pyridine rings is 1. The highest BCUT2D eigenvalue weighted by Crippen LogP contribution is 2.35. The second-order valence-corrected chi connectivity index (χ2v) is 6.68. The van der Waals surface area contributed by atoms with E-state index in [9.17, 15) is 0 Å². The summed E-state index contributed by atoms with van der Waals surface area (Å²) in [7, 11) is 0. The van der Waals surface area contributed by atoms with Crippen LogP contribution in [0.5, 0.6) is 0 Å². The molecule has 1 aliphatic rings. The second kappa shape index (κ2) is 5.98. The molecule has 0 bridgehead atoms. The monoisotopic (exact) mass is 284 g/mol. The van der Waals surface area contributed by atoms with Gasteiger partial charge in [-0.15, -0.1) is 0 Å². The molecular formula is C17H24N4. The number of hydrogen-bond acceptors (Lipinski definition) is 3. The molecule has 0 aromatic carbocycles. The molecule has 1 aliphatic carbocycles. The van der Waals surface area contributed by atoms with Crippen LogP contribution in [0.4, 0.5) is 0 Å². The Hall–Kier alpha value is -1.68. The lowest BCUT2D eigenvalue weighted by Gasteiger charge is -2.39. The van der Waals surface area contributed by atoms with Crippen LogP contribution in [0.1, 0.15) is 45.1 Å². The van der Waals surface area contributed by atoms with Gasteiger partial charge in [0.1, 0.15) is 0 Å². The zero-order valence-corrected chi connectivity index (χ0v) is 12.9. The molecule has 2 aromatic heterocycles. The van der Waals surface area contributed by atoms with Crippen molar-refractivity contribution < 1.29 is 0 Å². The fourth-order valence-corrected chi connectivity index (χ4v) is 3.31. The first kappa shape index (κ1) is 14.3. The summed E-state index contributed by atoms with van der Waals surface area (Å²) >= 11 is 0. The lowest BCUT2D eigenvalue weighted by molar-refractivity contribution is 0.167. The highest BCUT2D eigenvalue weighted by Gasteiger charge is 2.31. The van der Waals surface area contributed by atoms with Crippen molar-refractivity contribution in [3.8, 4) is 11.3 Å². The summed E-state index contributed by atoms with van der Waals surface area (Å²) in [6, 6.07) is 4.61. The molecule has 0 radical (unpaired) electrons. The third kappa shape index (κ3) is 3.16. The van der Waals surface area contributed by atoms with E-state index in [1.165, 1.54) is 31.2 Å². The summed E-state index contributed by atoms with van der Waals surface area (Å²) in [5.41, 5.74) is 3.76. The van der Waals surface area contributed by atoms with Gasteiger partial charge in [0.2, 0.25) is 0 Å². The van der Waals surface area contributed by atoms with Gasteiger partial charge < -0.3 is 5.32 Å². The van der Waals surface area contributed by atoms with Gasteiger partial charge in [-0.1, -0.05) is 26.7 Å². The molecule has 2 aromatic rings.